The fraction of sp³-hybridized carbons (Fsp3) is 0.414. The van der Waals surface area contributed by atoms with Crippen molar-refractivity contribution >= 4 is 17.5 Å². The highest BCUT2D eigenvalue weighted by Gasteiger charge is 2.46. The third-order valence-electron chi connectivity index (χ3n) is 7.49. The highest BCUT2D eigenvalue weighted by Crippen LogP contribution is 2.47. The molecule has 3 atom stereocenters. The van der Waals surface area contributed by atoms with Crippen LogP contribution >= 0.6 is 0 Å². The SMILES string of the molecule is CC1=NC2=C(C(=O)CC(c3ccccc3)C2)C(c2ccccc2F)C1C(=O)OC1CCCCC1. The standard InChI is InChI=1S/C29H30FNO3/c1-18-26(29(33)34-21-12-6-3-7-13-21)27(22-14-8-9-15-23(22)30)28-24(31-18)16-20(17-25(28)32)19-10-4-2-5-11-19/h2,4-5,8-11,14-15,20-21,26-27H,3,6-7,12-13,16-17H2,1H3. The minimum absolute atomic E-state index is 0.0241. The number of ether oxygens (including phenoxy) is 1. The molecule has 1 heterocycles. The Labute approximate surface area is 199 Å². The molecule has 0 N–H and O–H groups in total. The first-order valence-electron chi connectivity index (χ1n) is 12.3. The number of carbonyl (C=O) groups is 2. The van der Waals surface area contributed by atoms with Gasteiger partial charge in [0.2, 0.25) is 0 Å². The van der Waals surface area contributed by atoms with Crippen LogP contribution in [0.15, 0.2) is 70.9 Å². The van der Waals surface area contributed by atoms with E-state index in [1.54, 1.807) is 25.1 Å². The highest BCUT2D eigenvalue weighted by atomic mass is 19.1. The number of carbonyl (C=O) groups excluding carboxylic acids is 2. The predicted molar refractivity (Wildman–Crippen MR) is 129 cm³/mol. The van der Waals surface area contributed by atoms with Crippen molar-refractivity contribution in [3.8, 4) is 0 Å². The van der Waals surface area contributed by atoms with Gasteiger partial charge < -0.3 is 4.74 Å². The first-order chi connectivity index (χ1) is 16.5. The van der Waals surface area contributed by atoms with Gasteiger partial charge in [-0.2, -0.15) is 0 Å². The van der Waals surface area contributed by atoms with Crippen molar-refractivity contribution in [3.63, 3.8) is 0 Å². The van der Waals surface area contributed by atoms with Crippen LogP contribution in [0.3, 0.4) is 0 Å². The minimum Gasteiger partial charge on any atom is -0.462 e. The number of rotatable bonds is 4. The fourth-order valence-electron chi connectivity index (χ4n) is 5.81. The van der Waals surface area contributed by atoms with Crippen LogP contribution in [0.2, 0.25) is 0 Å². The molecule has 0 amide bonds. The van der Waals surface area contributed by atoms with Gasteiger partial charge in [0.25, 0.3) is 0 Å². The zero-order chi connectivity index (χ0) is 23.7. The zero-order valence-electron chi connectivity index (χ0n) is 19.5. The normalized spacial score (nSPS) is 25.5. The van der Waals surface area contributed by atoms with Gasteiger partial charge >= 0.3 is 5.97 Å². The molecule has 5 heteroatoms. The monoisotopic (exact) mass is 459 g/mol. The second-order valence-electron chi connectivity index (χ2n) is 9.73. The Morgan fingerprint density at radius 1 is 0.971 bits per heavy atom. The van der Waals surface area contributed by atoms with E-state index in [2.05, 4.69) is 0 Å². The van der Waals surface area contributed by atoms with Crippen molar-refractivity contribution in [2.45, 2.75) is 69.8 Å². The molecular formula is C29H30FNO3. The Kier molecular flexibility index (Phi) is 6.44. The van der Waals surface area contributed by atoms with Crippen molar-refractivity contribution < 1.29 is 18.7 Å². The Balaban J connectivity index is 1.54. The fourth-order valence-corrected chi connectivity index (χ4v) is 5.81. The molecule has 2 aromatic rings. The first kappa shape index (κ1) is 22.7. The van der Waals surface area contributed by atoms with E-state index in [1.807, 2.05) is 30.3 Å². The van der Waals surface area contributed by atoms with Gasteiger partial charge in [0.05, 0.1) is 0 Å². The van der Waals surface area contributed by atoms with Gasteiger partial charge in [0.15, 0.2) is 5.78 Å². The smallest absolute Gasteiger partial charge is 0.315 e. The lowest BCUT2D eigenvalue weighted by Gasteiger charge is -2.37. The maximum atomic E-state index is 15.1. The van der Waals surface area contributed by atoms with Crippen LogP contribution in [0.1, 0.15) is 74.8 Å². The van der Waals surface area contributed by atoms with Gasteiger partial charge in [0.1, 0.15) is 17.8 Å². The average molecular weight is 460 g/mol. The van der Waals surface area contributed by atoms with Gasteiger partial charge in [-0.1, -0.05) is 55.0 Å². The van der Waals surface area contributed by atoms with Crippen molar-refractivity contribution in [2.24, 2.45) is 10.9 Å². The maximum absolute atomic E-state index is 15.1. The number of halogens is 1. The largest absolute Gasteiger partial charge is 0.462 e. The minimum atomic E-state index is -0.796. The molecule has 2 aromatic carbocycles. The quantitative estimate of drug-likeness (QED) is 0.506. The van der Waals surface area contributed by atoms with Gasteiger partial charge in [-0.15, -0.1) is 0 Å². The summed E-state index contributed by atoms with van der Waals surface area (Å²) in [6, 6.07) is 16.4. The summed E-state index contributed by atoms with van der Waals surface area (Å²) in [5.74, 6) is -2.36. The number of allylic oxidation sites excluding steroid dienone is 2. The molecule has 0 radical (unpaired) electrons. The third kappa shape index (κ3) is 4.36. The van der Waals surface area contributed by atoms with E-state index in [4.69, 9.17) is 9.73 Å². The summed E-state index contributed by atoms with van der Waals surface area (Å²) >= 11 is 0. The number of ketones is 1. The lowest BCUT2D eigenvalue weighted by Crippen LogP contribution is -2.39. The molecule has 1 aliphatic heterocycles. The van der Waals surface area contributed by atoms with Crippen LogP contribution in [0, 0.1) is 11.7 Å². The third-order valence-corrected chi connectivity index (χ3v) is 7.49. The molecular weight excluding hydrogens is 429 g/mol. The zero-order valence-corrected chi connectivity index (χ0v) is 19.5. The van der Waals surface area contributed by atoms with E-state index in [1.165, 1.54) is 6.07 Å². The Morgan fingerprint density at radius 3 is 2.41 bits per heavy atom. The summed E-state index contributed by atoms with van der Waals surface area (Å²) in [7, 11) is 0. The van der Waals surface area contributed by atoms with E-state index >= 15 is 4.39 Å². The van der Waals surface area contributed by atoms with Gasteiger partial charge in [0, 0.05) is 29.3 Å². The van der Waals surface area contributed by atoms with Crippen molar-refractivity contribution in [1.82, 2.24) is 0 Å². The van der Waals surface area contributed by atoms with E-state index in [0.29, 0.717) is 35.4 Å². The second-order valence-corrected chi connectivity index (χ2v) is 9.73. The van der Waals surface area contributed by atoms with Crippen molar-refractivity contribution in [3.05, 3.63) is 82.8 Å². The summed E-state index contributed by atoms with van der Waals surface area (Å²) in [5, 5.41) is 0. The van der Waals surface area contributed by atoms with E-state index < -0.39 is 23.6 Å². The Hall–Kier alpha value is -3.08. The lowest BCUT2D eigenvalue weighted by molar-refractivity contribution is -0.153. The number of aliphatic imine (C=N–C) groups is 1. The van der Waals surface area contributed by atoms with Crippen LogP contribution < -0.4 is 0 Å². The Morgan fingerprint density at radius 2 is 1.68 bits per heavy atom. The molecule has 0 spiro atoms. The average Bonchev–Trinajstić information content (AvgIpc) is 2.84. The number of esters is 1. The topological polar surface area (TPSA) is 55.7 Å². The number of benzene rings is 2. The van der Waals surface area contributed by atoms with Gasteiger partial charge in [-0.25, -0.2) is 4.39 Å². The van der Waals surface area contributed by atoms with Crippen LogP contribution in [-0.4, -0.2) is 23.6 Å². The summed E-state index contributed by atoms with van der Waals surface area (Å²) in [5.41, 5.74) is 3.21. The number of Topliss-reactive ketones (excluding diaryl/α,β-unsaturated/α-hetero) is 1. The first-order valence-corrected chi connectivity index (χ1v) is 12.3. The molecule has 2 aliphatic carbocycles. The molecule has 34 heavy (non-hydrogen) atoms. The highest BCUT2D eigenvalue weighted by molar-refractivity contribution is 6.09. The Bertz CT molecular complexity index is 1150. The van der Waals surface area contributed by atoms with E-state index in [-0.39, 0.29) is 17.8 Å². The van der Waals surface area contributed by atoms with Crippen LogP contribution in [-0.2, 0) is 14.3 Å². The number of hydrogen-bond acceptors (Lipinski definition) is 4. The molecule has 1 saturated carbocycles. The van der Waals surface area contributed by atoms with Gasteiger partial charge in [-0.05, 0) is 62.1 Å². The van der Waals surface area contributed by atoms with Crippen LogP contribution in [0.25, 0.3) is 0 Å². The molecule has 3 unspecified atom stereocenters. The second kappa shape index (κ2) is 9.65. The molecule has 4 nitrogen and oxygen atoms in total. The van der Waals surface area contributed by atoms with E-state index in [0.717, 1.165) is 37.7 Å². The molecule has 0 aromatic heterocycles. The summed E-state index contributed by atoms with van der Waals surface area (Å²) in [6.07, 6.45) is 5.75. The van der Waals surface area contributed by atoms with Crippen LogP contribution in [0.4, 0.5) is 4.39 Å². The molecule has 5 rings (SSSR count). The molecule has 0 bridgehead atoms. The molecule has 3 aliphatic rings. The van der Waals surface area contributed by atoms with Crippen molar-refractivity contribution in [2.75, 3.05) is 0 Å². The van der Waals surface area contributed by atoms with Crippen LogP contribution in [0.5, 0.6) is 0 Å². The summed E-state index contributed by atoms with van der Waals surface area (Å²) < 4.78 is 21.0. The summed E-state index contributed by atoms with van der Waals surface area (Å²) in [6.45, 7) is 1.81. The van der Waals surface area contributed by atoms with Crippen molar-refractivity contribution in [1.29, 1.82) is 0 Å². The van der Waals surface area contributed by atoms with Gasteiger partial charge in [-0.3, -0.25) is 14.6 Å². The predicted octanol–water partition coefficient (Wildman–Crippen LogP) is 6.28. The van der Waals surface area contributed by atoms with E-state index in [9.17, 15) is 9.59 Å². The molecule has 1 fully saturated rings. The number of nitrogens with zero attached hydrogens (tertiary/aromatic N) is 1. The maximum Gasteiger partial charge on any atom is 0.315 e. The number of hydrogen-bond donors (Lipinski definition) is 0. The summed E-state index contributed by atoms with van der Waals surface area (Å²) in [4.78, 5) is 31.8. The molecule has 0 saturated heterocycles. The lowest BCUT2D eigenvalue weighted by atomic mass is 9.69. The molecule has 176 valence electrons.